The maximum Gasteiger partial charge on any atom is 0.254 e. The van der Waals surface area contributed by atoms with E-state index in [1.807, 2.05) is 0 Å². The molecular weight excluding hydrogens is 211 g/mol. The first-order valence-corrected chi connectivity index (χ1v) is 4.90. The molecule has 0 aliphatic heterocycles. The van der Waals surface area contributed by atoms with E-state index in [0.717, 1.165) is 6.21 Å². The minimum Gasteiger partial charge on any atom is -0.386 e. The lowest BCUT2D eigenvalue weighted by Crippen LogP contribution is -2.26. The molecule has 0 aromatic rings. The molecule has 0 radical (unpaired) electrons. The number of carbonyl (C=O) groups excluding carboxylic acids is 1. The van der Waals surface area contributed by atoms with Crippen LogP contribution in [0.3, 0.4) is 0 Å². The number of carbonyl (C=O) groups is 1. The molecule has 0 heterocycles. The molecule has 6 heteroatoms. The summed E-state index contributed by atoms with van der Waals surface area (Å²) in [5.74, 6) is -0.344. The van der Waals surface area contributed by atoms with E-state index in [1.54, 1.807) is 6.92 Å². The van der Waals surface area contributed by atoms with Crippen molar-refractivity contribution in [3.8, 4) is 0 Å². The summed E-state index contributed by atoms with van der Waals surface area (Å²) in [7, 11) is 0. The standard InChI is InChI=1S/C10H17FN4O/c1-2-15-10(16)9(5-13)7-14-6-8(3-11)4-12/h3,5,7,13-14H,2,4,6,12H2,1H3,(H,15,16)/b8-3+,9-7+,13-5?. The van der Waals surface area contributed by atoms with Gasteiger partial charge in [0.2, 0.25) is 0 Å². The number of hydrogen-bond donors (Lipinski definition) is 4. The third kappa shape index (κ3) is 5.26. The van der Waals surface area contributed by atoms with Gasteiger partial charge in [0.15, 0.2) is 0 Å². The van der Waals surface area contributed by atoms with E-state index < -0.39 is 0 Å². The normalized spacial score (nSPS) is 12.2. The zero-order valence-corrected chi connectivity index (χ0v) is 9.22. The van der Waals surface area contributed by atoms with Gasteiger partial charge in [-0.3, -0.25) is 4.79 Å². The van der Waals surface area contributed by atoms with E-state index in [0.29, 0.717) is 18.4 Å². The topological polar surface area (TPSA) is 91.0 Å². The maximum atomic E-state index is 12.1. The molecule has 1 amide bonds. The second-order valence-electron chi connectivity index (χ2n) is 2.96. The predicted octanol–water partition coefficient (Wildman–Crippen LogP) is 0.0577. The lowest BCUT2D eigenvalue weighted by Gasteiger charge is -2.05. The van der Waals surface area contributed by atoms with Gasteiger partial charge in [0, 0.05) is 32.0 Å². The van der Waals surface area contributed by atoms with Crippen molar-refractivity contribution in [1.82, 2.24) is 10.6 Å². The Hall–Kier alpha value is -1.69. The molecule has 0 fully saturated rings. The van der Waals surface area contributed by atoms with Gasteiger partial charge in [-0.2, -0.15) is 0 Å². The number of halogens is 1. The van der Waals surface area contributed by atoms with E-state index in [2.05, 4.69) is 10.6 Å². The van der Waals surface area contributed by atoms with Crippen LogP contribution in [-0.2, 0) is 4.79 Å². The average molecular weight is 228 g/mol. The molecule has 0 spiro atoms. The van der Waals surface area contributed by atoms with Crippen molar-refractivity contribution in [2.45, 2.75) is 6.92 Å². The highest BCUT2D eigenvalue weighted by Crippen LogP contribution is 1.92. The van der Waals surface area contributed by atoms with Gasteiger partial charge in [0.05, 0.1) is 11.9 Å². The van der Waals surface area contributed by atoms with Crippen LogP contribution in [-0.4, -0.2) is 31.8 Å². The SMILES string of the molecule is CCNC(=O)/C(C=N)=C/NC/C(=C/F)CN. The molecule has 16 heavy (non-hydrogen) atoms. The third-order valence-corrected chi connectivity index (χ3v) is 1.76. The van der Waals surface area contributed by atoms with Crippen molar-refractivity contribution in [3.63, 3.8) is 0 Å². The van der Waals surface area contributed by atoms with Crippen molar-refractivity contribution in [3.05, 3.63) is 23.7 Å². The first kappa shape index (κ1) is 14.3. The molecule has 0 saturated heterocycles. The fourth-order valence-corrected chi connectivity index (χ4v) is 0.883. The Balaban J connectivity index is 4.27. The van der Waals surface area contributed by atoms with Gasteiger partial charge in [-0.05, 0) is 12.5 Å². The monoisotopic (exact) mass is 228 g/mol. The number of hydrogen-bond acceptors (Lipinski definition) is 4. The van der Waals surface area contributed by atoms with Crippen LogP contribution in [0.25, 0.3) is 0 Å². The Bertz CT molecular complexity index is 299. The van der Waals surface area contributed by atoms with Gasteiger partial charge in [-0.15, -0.1) is 0 Å². The molecule has 0 aliphatic carbocycles. The van der Waals surface area contributed by atoms with Crippen molar-refractivity contribution < 1.29 is 9.18 Å². The van der Waals surface area contributed by atoms with Gasteiger partial charge < -0.3 is 21.8 Å². The number of rotatable bonds is 7. The first-order valence-electron chi connectivity index (χ1n) is 4.90. The Labute approximate surface area is 94.1 Å². The summed E-state index contributed by atoms with van der Waals surface area (Å²) in [6.07, 6.45) is 2.72. The first-order chi connectivity index (χ1) is 7.69. The fourth-order valence-electron chi connectivity index (χ4n) is 0.883. The zero-order valence-electron chi connectivity index (χ0n) is 9.22. The number of nitrogens with two attached hydrogens (primary N) is 1. The number of nitrogens with one attached hydrogen (secondary N) is 3. The maximum absolute atomic E-state index is 12.1. The molecule has 5 nitrogen and oxygen atoms in total. The minimum absolute atomic E-state index is 0.110. The van der Waals surface area contributed by atoms with Crippen LogP contribution in [0.2, 0.25) is 0 Å². The molecule has 0 aliphatic rings. The highest BCUT2D eigenvalue weighted by molar-refractivity contribution is 6.11. The minimum atomic E-state index is -0.344. The van der Waals surface area contributed by atoms with Crippen molar-refractivity contribution >= 4 is 12.1 Å². The van der Waals surface area contributed by atoms with Crippen LogP contribution in [0.5, 0.6) is 0 Å². The van der Waals surface area contributed by atoms with E-state index in [9.17, 15) is 9.18 Å². The van der Waals surface area contributed by atoms with Crippen LogP contribution in [0.1, 0.15) is 6.92 Å². The Kier molecular flexibility index (Phi) is 7.70. The summed E-state index contributed by atoms with van der Waals surface area (Å²) in [5.41, 5.74) is 5.81. The van der Waals surface area contributed by atoms with Gasteiger partial charge in [-0.1, -0.05) is 0 Å². The summed E-state index contributed by atoms with van der Waals surface area (Å²) < 4.78 is 12.1. The van der Waals surface area contributed by atoms with E-state index >= 15 is 0 Å². The summed E-state index contributed by atoms with van der Waals surface area (Å²) in [6, 6.07) is 0. The second-order valence-corrected chi connectivity index (χ2v) is 2.96. The van der Waals surface area contributed by atoms with Gasteiger partial charge in [-0.25, -0.2) is 4.39 Å². The molecule has 0 aromatic carbocycles. The van der Waals surface area contributed by atoms with Crippen LogP contribution < -0.4 is 16.4 Å². The highest BCUT2D eigenvalue weighted by atomic mass is 19.1. The van der Waals surface area contributed by atoms with Gasteiger partial charge >= 0.3 is 0 Å². The largest absolute Gasteiger partial charge is 0.386 e. The quantitative estimate of drug-likeness (QED) is 0.367. The zero-order chi connectivity index (χ0) is 12.4. The molecule has 0 unspecified atom stereocenters. The van der Waals surface area contributed by atoms with Crippen molar-refractivity contribution in [2.75, 3.05) is 19.6 Å². The lowest BCUT2D eigenvalue weighted by atomic mass is 10.2. The number of amides is 1. The lowest BCUT2D eigenvalue weighted by molar-refractivity contribution is -0.116. The van der Waals surface area contributed by atoms with Crippen LogP contribution >= 0.6 is 0 Å². The fraction of sp³-hybridized carbons (Fsp3) is 0.400. The van der Waals surface area contributed by atoms with Crippen LogP contribution in [0.4, 0.5) is 4.39 Å². The summed E-state index contributed by atoms with van der Waals surface area (Å²) in [4.78, 5) is 11.3. The summed E-state index contributed by atoms with van der Waals surface area (Å²) in [6.45, 7) is 2.59. The predicted molar refractivity (Wildman–Crippen MR) is 61.8 cm³/mol. The molecule has 0 bridgehead atoms. The third-order valence-electron chi connectivity index (χ3n) is 1.76. The van der Waals surface area contributed by atoms with Crippen LogP contribution in [0, 0.1) is 5.41 Å². The second kappa shape index (κ2) is 8.60. The smallest absolute Gasteiger partial charge is 0.254 e. The molecule has 5 N–H and O–H groups in total. The van der Waals surface area contributed by atoms with Crippen LogP contribution in [0.15, 0.2) is 23.7 Å². The van der Waals surface area contributed by atoms with Crippen molar-refractivity contribution in [1.29, 1.82) is 5.41 Å². The molecule has 90 valence electrons. The highest BCUT2D eigenvalue weighted by Gasteiger charge is 2.04. The average Bonchev–Trinajstić information content (AvgIpc) is 2.30. The summed E-state index contributed by atoms with van der Waals surface area (Å²) in [5, 5.41) is 12.3. The Morgan fingerprint density at radius 1 is 1.56 bits per heavy atom. The Morgan fingerprint density at radius 2 is 2.25 bits per heavy atom. The summed E-state index contributed by atoms with van der Waals surface area (Å²) >= 11 is 0. The van der Waals surface area contributed by atoms with E-state index in [-0.39, 0.29) is 24.6 Å². The van der Waals surface area contributed by atoms with E-state index in [4.69, 9.17) is 11.1 Å². The molecule has 0 rings (SSSR count). The molecule has 0 aromatic heterocycles. The molecular formula is C10H17FN4O. The Morgan fingerprint density at radius 3 is 2.69 bits per heavy atom. The van der Waals surface area contributed by atoms with E-state index in [1.165, 1.54) is 6.20 Å². The van der Waals surface area contributed by atoms with Gasteiger partial charge in [0.25, 0.3) is 5.91 Å². The number of likely N-dealkylation sites (N-methyl/N-ethyl adjacent to an activating group) is 1. The van der Waals surface area contributed by atoms with Crippen molar-refractivity contribution in [2.24, 2.45) is 5.73 Å². The molecule has 0 atom stereocenters. The van der Waals surface area contributed by atoms with Gasteiger partial charge in [0.1, 0.15) is 0 Å². The molecule has 0 saturated carbocycles.